The molecule has 0 saturated heterocycles. The number of phenolic OH excluding ortho intramolecular Hbond substituents is 1. The van der Waals surface area contributed by atoms with Crippen LogP contribution in [0.25, 0.3) is 0 Å². The Morgan fingerprint density at radius 3 is 2.12 bits per heavy atom. The number of aliphatic imine (C=N–C) groups is 1. The number of hydrogen-bond acceptors (Lipinski definition) is 3. The molecule has 2 atom stereocenters. The van der Waals surface area contributed by atoms with Gasteiger partial charge in [0.05, 0.1) is 12.1 Å². The van der Waals surface area contributed by atoms with Crippen LogP contribution in [0.4, 0.5) is 0 Å². The van der Waals surface area contributed by atoms with Crippen molar-refractivity contribution >= 4 is 6.21 Å². The zero-order chi connectivity index (χ0) is 17.6. The van der Waals surface area contributed by atoms with Crippen LogP contribution in [0.3, 0.4) is 0 Å². The van der Waals surface area contributed by atoms with Gasteiger partial charge in [0, 0.05) is 11.8 Å². The summed E-state index contributed by atoms with van der Waals surface area (Å²) in [5, 5.41) is 10.1. The summed E-state index contributed by atoms with van der Waals surface area (Å²) in [5.74, 6) is 0.217. The van der Waals surface area contributed by atoms with Crippen molar-refractivity contribution in [3.63, 3.8) is 0 Å². The SMILES string of the molecule is Cc1ccc(O)c(C=N[C@@H](c2ccccc2)[C@@H](N)c2ccccc2)c1. The molecule has 0 radical (unpaired) electrons. The van der Waals surface area contributed by atoms with Crippen LogP contribution in [-0.4, -0.2) is 11.3 Å². The fraction of sp³-hybridized carbons (Fsp3) is 0.136. The Labute approximate surface area is 148 Å². The third-order valence-electron chi connectivity index (χ3n) is 4.22. The molecule has 25 heavy (non-hydrogen) atoms. The molecule has 0 aliphatic carbocycles. The number of phenols is 1. The number of aryl methyl sites for hydroxylation is 1. The van der Waals surface area contributed by atoms with E-state index < -0.39 is 0 Å². The second-order valence-electron chi connectivity index (χ2n) is 6.13. The van der Waals surface area contributed by atoms with Gasteiger partial charge in [0.15, 0.2) is 0 Å². The first-order valence-electron chi connectivity index (χ1n) is 8.33. The molecular weight excluding hydrogens is 308 g/mol. The Hall–Kier alpha value is -2.91. The maximum Gasteiger partial charge on any atom is 0.124 e. The second-order valence-corrected chi connectivity index (χ2v) is 6.13. The summed E-state index contributed by atoms with van der Waals surface area (Å²) in [4.78, 5) is 4.73. The predicted molar refractivity (Wildman–Crippen MR) is 103 cm³/mol. The van der Waals surface area contributed by atoms with Gasteiger partial charge in [0.25, 0.3) is 0 Å². The highest BCUT2D eigenvalue weighted by atomic mass is 16.3. The highest BCUT2D eigenvalue weighted by Crippen LogP contribution is 2.30. The van der Waals surface area contributed by atoms with Crippen molar-refractivity contribution in [1.82, 2.24) is 0 Å². The maximum atomic E-state index is 10.1. The van der Waals surface area contributed by atoms with Crippen LogP contribution >= 0.6 is 0 Å². The van der Waals surface area contributed by atoms with E-state index in [1.54, 1.807) is 12.3 Å². The van der Waals surface area contributed by atoms with Gasteiger partial charge < -0.3 is 10.8 Å². The van der Waals surface area contributed by atoms with Gasteiger partial charge in [0.2, 0.25) is 0 Å². The lowest BCUT2D eigenvalue weighted by Crippen LogP contribution is -2.18. The largest absolute Gasteiger partial charge is 0.507 e. The number of hydrogen-bond donors (Lipinski definition) is 2. The Bertz CT molecular complexity index is 844. The molecule has 0 aromatic heterocycles. The molecule has 3 rings (SSSR count). The fourth-order valence-corrected chi connectivity index (χ4v) is 2.83. The monoisotopic (exact) mass is 330 g/mol. The molecule has 0 unspecified atom stereocenters. The number of aromatic hydroxyl groups is 1. The van der Waals surface area contributed by atoms with Crippen molar-refractivity contribution < 1.29 is 5.11 Å². The Kier molecular flexibility index (Phi) is 5.26. The Morgan fingerprint density at radius 1 is 0.880 bits per heavy atom. The predicted octanol–water partition coefficient (Wildman–Crippen LogP) is 4.56. The molecule has 3 N–H and O–H groups in total. The van der Waals surface area contributed by atoms with Crippen molar-refractivity contribution in [3.05, 3.63) is 101 Å². The molecule has 3 aromatic carbocycles. The van der Waals surface area contributed by atoms with Crippen molar-refractivity contribution in [3.8, 4) is 5.75 Å². The molecular formula is C22H22N2O. The zero-order valence-electron chi connectivity index (χ0n) is 14.2. The first-order valence-corrected chi connectivity index (χ1v) is 8.33. The number of nitrogens with zero attached hydrogens (tertiary/aromatic N) is 1. The van der Waals surface area contributed by atoms with Gasteiger partial charge >= 0.3 is 0 Å². The molecule has 0 heterocycles. The molecule has 0 bridgehead atoms. The first-order chi connectivity index (χ1) is 12.1. The molecule has 0 aliphatic rings. The fourth-order valence-electron chi connectivity index (χ4n) is 2.83. The molecule has 0 aliphatic heterocycles. The normalized spacial score (nSPS) is 13.7. The lowest BCUT2D eigenvalue weighted by molar-refractivity contribution is 0.474. The van der Waals surface area contributed by atoms with Crippen LogP contribution in [-0.2, 0) is 0 Å². The molecule has 3 nitrogen and oxygen atoms in total. The summed E-state index contributed by atoms with van der Waals surface area (Å²) in [6, 6.07) is 24.9. The minimum atomic E-state index is -0.271. The summed E-state index contributed by atoms with van der Waals surface area (Å²) in [5.41, 5.74) is 10.4. The summed E-state index contributed by atoms with van der Waals surface area (Å²) in [6.07, 6.45) is 1.71. The Balaban J connectivity index is 1.97. The second kappa shape index (κ2) is 7.77. The molecule has 0 saturated carbocycles. The summed E-state index contributed by atoms with van der Waals surface area (Å²) < 4.78 is 0. The summed E-state index contributed by atoms with van der Waals surface area (Å²) in [7, 11) is 0. The van der Waals surface area contributed by atoms with E-state index in [2.05, 4.69) is 0 Å². The van der Waals surface area contributed by atoms with E-state index in [0.717, 1.165) is 16.7 Å². The lowest BCUT2D eigenvalue weighted by Gasteiger charge is -2.21. The Morgan fingerprint density at radius 2 is 1.48 bits per heavy atom. The average molecular weight is 330 g/mol. The van der Waals surface area contributed by atoms with Gasteiger partial charge in [-0.25, -0.2) is 0 Å². The van der Waals surface area contributed by atoms with E-state index in [1.165, 1.54) is 0 Å². The zero-order valence-corrected chi connectivity index (χ0v) is 14.2. The van der Waals surface area contributed by atoms with Crippen LogP contribution in [0.1, 0.15) is 34.3 Å². The van der Waals surface area contributed by atoms with Gasteiger partial charge in [-0.15, -0.1) is 0 Å². The smallest absolute Gasteiger partial charge is 0.124 e. The molecule has 3 heteroatoms. The molecule has 0 spiro atoms. The number of rotatable bonds is 5. The number of benzene rings is 3. The van der Waals surface area contributed by atoms with Crippen molar-refractivity contribution in [2.45, 2.75) is 19.0 Å². The third kappa shape index (κ3) is 4.14. The first kappa shape index (κ1) is 16.9. The van der Waals surface area contributed by atoms with Gasteiger partial charge in [-0.05, 0) is 30.2 Å². The lowest BCUT2D eigenvalue weighted by atomic mass is 9.94. The minimum Gasteiger partial charge on any atom is -0.507 e. The van der Waals surface area contributed by atoms with Gasteiger partial charge in [0.1, 0.15) is 5.75 Å². The van der Waals surface area contributed by atoms with Crippen molar-refractivity contribution in [2.75, 3.05) is 0 Å². The van der Waals surface area contributed by atoms with Crippen LogP contribution in [0, 0.1) is 6.92 Å². The quantitative estimate of drug-likeness (QED) is 0.674. The molecule has 3 aromatic rings. The third-order valence-corrected chi connectivity index (χ3v) is 4.22. The van der Waals surface area contributed by atoms with Crippen LogP contribution in [0.2, 0.25) is 0 Å². The van der Waals surface area contributed by atoms with Crippen LogP contribution in [0.5, 0.6) is 5.75 Å². The van der Waals surface area contributed by atoms with E-state index in [4.69, 9.17) is 10.7 Å². The van der Waals surface area contributed by atoms with E-state index in [0.29, 0.717) is 5.56 Å². The van der Waals surface area contributed by atoms with Crippen LogP contribution in [0.15, 0.2) is 83.9 Å². The highest BCUT2D eigenvalue weighted by molar-refractivity contribution is 5.83. The van der Waals surface area contributed by atoms with E-state index in [9.17, 15) is 5.11 Å². The van der Waals surface area contributed by atoms with Gasteiger partial charge in [-0.3, -0.25) is 4.99 Å². The number of nitrogens with two attached hydrogens (primary N) is 1. The topological polar surface area (TPSA) is 58.6 Å². The van der Waals surface area contributed by atoms with E-state index in [1.807, 2.05) is 79.7 Å². The summed E-state index contributed by atoms with van der Waals surface area (Å²) in [6.45, 7) is 1.99. The van der Waals surface area contributed by atoms with Crippen molar-refractivity contribution in [2.24, 2.45) is 10.7 Å². The van der Waals surface area contributed by atoms with E-state index in [-0.39, 0.29) is 17.8 Å². The van der Waals surface area contributed by atoms with Crippen molar-refractivity contribution in [1.29, 1.82) is 0 Å². The standard InChI is InChI=1S/C22H22N2O/c1-16-12-13-20(25)19(14-16)15-24-22(18-10-6-3-7-11-18)21(23)17-8-4-2-5-9-17/h2-15,21-22,25H,23H2,1H3/t21-,22-/m0/s1. The molecule has 126 valence electrons. The maximum absolute atomic E-state index is 10.1. The molecule has 0 fully saturated rings. The highest BCUT2D eigenvalue weighted by Gasteiger charge is 2.20. The minimum absolute atomic E-state index is 0.217. The molecule has 0 amide bonds. The average Bonchev–Trinajstić information content (AvgIpc) is 2.66. The summed E-state index contributed by atoms with van der Waals surface area (Å²) >= 11 is 0. The van der Waals surface area contributed by atoms with Gasteiger partial charge in [-0.1, -0.05) is 72.3 Å². The van der Waals surface area contributed by atoms with E-state index >= 15 is 0 Å². The van der Waals surface area contributed by atoms with Gasteiger partial charge in [-0.2, -0.15) is 0 Å². The van der Waals surface area contributed by atoms with Crippen LogP contribution < -0.4 is 5.73 Å².